The topological polar surface area (TPSA) is 78.9 Å². The lowest BCUT2D eigenvalue weighted by Crippen LogP contribution is -1.97. The fraction of sp³-hybridized carbons (Fsp3) is 0.0714. The predicted octanol–water partition coefficient (Wildman–Crippen LogP) is 3.77. The van der Waals surface area contributed by atoms with Crippen LogP contribution in [0.1, 0.15) is 15.9 Å². The van der Waals surface area contributed by atoms with Crippen LogP contribution in [0.25, 0.3) is 11.0 Å². The molecule has 0 saturated carbocycles. The van der Waals surface area contributed by atoms with E-state index in [0.29, 0.717) is 10.2 Å². The molecular formula is C14H10ClN3O2S. The van der Waals surface area contributed by atoms with Gasteiger partial charge in [-0.25, -0.2) is 14.8 Å². The first-order valence-corrected chi connectivity index (χ1v) is 7.25. The quantitative estimate of drug-likeness (QED) is 0.768. The van der Waals surface area contributed by atoms with Gasteiger partial charge in [0.1, 0.15) is 5.03 Å². The van der Waals surface area contributed by atoms with E-state index in [1.165, 1.54) is 24.0 Å². The number of aromatic carboxylic acids is 1. The fourth-order valence-electron chi connectivity index (χ4n) is 1.86. The van der Waals surface area contributed by atoms with Crippen molar-refractivity contribution in [1.29, 1.82) is 0 Å². The molecule has 0 unspecified atom stereocenters. The fourth-order valence-corrected chi connectivity index (χ4v) is 2.89. The molecule has 0 bridgehead atoms. The first-order valence-electron chi connectivity index (χ1n) is 6.06. The van der Waals surface area contributed by atoms with E-state index >= 15 is 0 Å². The second-order valence-corrected chi connectivity index (χ2v) is 5.87. The van der Waals surface area contributed by atoms with E-state index in [4.69, 9.17) is 16.7 Å². The highest BCUT2D eigenvalue weighted by Crippen LogP contribution is 2.31. The Kier molecular flexibility index (Phi) is 3.57. The highest BCUT2D eigenvalue weighted by atomic mass is 35.5. The molecule has 0 atom stereocenters. The van der Waals surface area contributed by atoms with E-state index in [2.05, 4.69) is 15.0 Å². The third kappa shape index (κ3) is 2.86. The number of H-pyrrole nitrogens is 1. The molecule has 0 fully saturated rings. The van der Waals surface area contributed by atoms with Gasteiger partial charge in [0.05, 0.1) is 21.6 Å². The molecule has 2 aromatic heterocycles. The van der Waals surface area contributed by atoms with Crippen LogP contribution < -0.4 is 0 Å². The van der Waals surface area contributed by atoms with Crippen molar-refractivity contribution in [1.82, 2.24) is 15.0 Å². The molecule has 3 rings (SSSR count). The number of carboxylic acids is 1. The number of aryl methyl sites for hydroxylation is 1. The van der Waals surface area contributed by atoms with Crippen molar-refractivity contribution in [3.05, 3.63) is 46.6 Å². The molecule has 0 amide bonds. The van der Waals surface area contributed by atoms with E-state index in [0.717, 1.165) is 16.6 Å². The van der Waals surface area contributed by atoms with Crippen molar-refractivity contribution in [3.8, 4) is 0 Å². The van der Waals surface area contributed by atoms with Crippen molar-refractivity contribution in [2.45, 2.75) is 17.1 Å². The number of carbonyl (C=O) groups is 1. The highest BCUT2D eigenvalue weighted by molar-refractivity contribution is 7.99. The van der Waals surface area contributed by atoms with E-state index in [1.54, 1.807) is 0 Å². The Balaban J connectivity index is 1.93. The normalized spacial score (nSPS) is 11.0. The Labute approximate surface area is 129 Å². The lowest BCUT2D eigenvalue weighted by Gasteiger charge is -2.01. The van der Waals surface area contributed by atoms with Gasteiger partial charge in [-0.3, -0.25) is 0 Å². The van der Waals surface area contributed by atoms with Crippen LogP contribution >= 0.6 is 23.4 Å². The van der Waals surface area contributed by atoms with Crippen molar-refractivity contribution in [2.24, 2.45) is 0 Å². The van der Waals surface area contributed by atoms with Crippen LogP contribution in [0.4, 0.5) is 0 Å². The number of pyridine rings is 1. The van der Waals surface area contributed by atoms with Crippen molar-refractivity contribution in [3.63, 3.8) is 0 Å². The summed E-state index contributed by atoms with van der Waals surface area (Å²) >= 11 is 7.32. The number of halogens is 1. The Hall–Kier alpha value is -2.05. The third-order valence-corrected chi connectivity index (χ3v) is 4.17. The van der Waals surface area contributed by atoms with Gasteiger partial charge in [0, 0.05) is 6.20 Å². The summed E-state index contributed by atoms with van der Waals surface area (Å²) in [6.45, 7) is 2.01. The number of fused-ring (bicyclic) bond motifs is 1. The van der Waals surface area contributed by atoms with Gasteiger partial charge in [-0.1, -0.05) is 17.7 Å². The van der Waals surface area contributed by atoms with Gasteiger partial charge in [0.15, 0.2) is 5.16 Å². The van der Waals surface area contributed by atoms with E-state index < -0.39 is 5.97 Å². The zero-order valence-corrected chi connectivity index (χ0v) is 12.5. The number of nitrogens with zero attached hydrogens (tertiary/aromatic N) is 2. The van der Waals surface area contributed by atoms with Gasteiger partial charge < -0.3 is 10.1 Å². The first-order chi connectivity index (χ1) is 10.0. The largest absolute Gasteiger partial charge is 0.478 e. The van der Waals surface area contributed by atoms with Crippen molar-refractivity contribution >= 4 is 40.4 Å². The summed E-state index contributed by atoms with van der Waals surface area (Å²) in [5, 5.41) is 10.3. The standard InChI is InChI=1S/C14H10ClN3O2S/c1-7-2-3-10-11(4-7)18-14(17-10)21-12-9(15)5-8(6-16-12)13(19)20/h2-6H,1H3,(H,17,18)(H,19,20). The summed E-state index contributed by atoms with van der Waals surface area (Å²) in [4.78, 5) is 22.5. The molecule has 0 aliphatic rings. The molecule has 7 heteroatoms. The minimum Gasteiger partial charge on any atom is -0.478 e. The summed E-state index contributed by atoms with van der Waals surface area (Å²) < 4.78 is 0. The van der Waals surface area contributed by atoms with Crippen LogP contribution in [0, 0.1) is 6.92 Å². The Morgan fingerprint density at radius 1 is 1.38 bits per heavy atom. The smallest absolute Gasteiger partial charge is 0.337 e. The molecule has 2 heterocycles. The molecule has 0 spiro atoms. The highest BCUT2D eigenvalue weighted by Gasteiger charge is 2.12. The van der Waals surface area contributed by atoms with Crippen LogP contribution in [0.3, 0.4) is 0 Å². The third-order valence-electron chi connectivity index (χ3n) is 2.86. The van der Waals surface area contributed by atoms with Gasteiger partial charge in [-0.05, 0) is 42.4 Å². The SMILES string of the molecule is Cc1ccc2nc(Sc3ncc(C(=O)O)cc3Cl)[nH]c2c1. The summed E-state index contributed by atoms with van der Waals surface area (Å²) in [5.74, 6) is -1.06. The summed E-state index contributed by atoms with van der Waals surface area (Å²) in [6.07, 6.45) is 1.28. The Morgan fingerprint density at radius 2 is 2.19 bits per heavy atom. The number of hydrogen-bond donors (Lipinski definition) is 2. The van der Waals surface area contributed by atoms with Gasteiger partial charge in [-0.2, -0.15) is 0 Å². The zero-order valence-electron chi connectivity index (χ0n) is 10.9. The second kappa shape index (κ2) is 5.38. The number of imidazole rings is 1. The molecule has 106 valence electrons. The first kappa shape index (κ1) is 13.9. The van der Waals surface area contributed by atoms with Crippen LogP contribution in [0.5, 0.6) is 0 Å². The molecule has 3 aromatic rings. The maximum Gasteiger partial charge on any atom is 0.337 e. The van der Waals surface area contributed by atoms with E-state index in [-0.39, 0.29) is 10.6 Å². The van der Waals surface area contributed by atoms with E-state index in [9.17, 15) is 4.79 Å². The minimum absolute atomic E-state index is 0.0598. The molecular weight excluding hydrogens is 310 g/mol. The van der Waals surface area contributed by atoms with Crippen molar-refractivity contribution in [2.75, 3.05) is 0 Å². The number of aromatic amines is 1. The lowest BCUT2D eigenvalue weighted by atomic mass is 10.2. The number of hydrogen-bond acceptors (Lipinski definition) is 4. The van der Waals surface area contributed by atoms with Crippen LogP contribution in [0.2, 0.25) is 5.02 Å². The molecule has 0 saturated heterocycles. The number of aromatic nitrogens is 3. The Bertz CT molecular complexity index is 847. The van der Waals surface area contributed by atoms with Gasteiger partial charge >= 0.3 is 5.97 Å². The van der Waals surface area contributed by atoms with Crippen LogP contribution in [0.15, 0.2) is 40.6 Å². The number of rotatable bonds is 3. The maximum atomic E-state index is 10.8. The molecule has 1 aromatic carbocycles. The lowest BCUT2D eigenvalue weighted by molar-refractivity contribution is 0.0696. The predicted molar refractivity (Wildman–Crippen MR) is 81.2 cm³/mol. The van der Waals surface area contributed by atoms with Crippen molar-refractivity contribution < 1.29 is 9.90 Å². The monoisotopic (exact) mass is 319 g/mol. The molecule has 0 radical (unpaired) electrons. The molecule has 2 N–H and O–H groups in total. The molecule has 0 aliphatic carbocycles. The average Bonchev–Trinajstić information content (AvgIpc) is 2.82. The average molecular weight is 320 g/mol. The Morgan fingerprint density at radius 3 is 2.90 bits per heavy atom. The van der Waals surface area contributed by atoms with Gasteiger partial charge in [0.2, 0.25) is 0 Å². The van der Waals surface area contributed by atoms with E-state index in [1.807, 2.05) is 25.1 Å². The number of nitrogens with one attached hydrogen (secondary N) is 1. The molecule has 0 aliphatic heterocycles. The van der Waals surface area contributed by atoms with Crippen LogP contribution in [-0.2, 0) is 0 Å². The van der Waals surface area contributed by atoms with Gasteiger partial charge in [0.25, 0.3) is 0 Å². The molecule has 21 heavy (non-hydrogen) atoms. The summed E-state index contributed by atoms with van der Waals surface area (Å²) in [5.41, 5.74) is 3.01. The van der Waals surface area contributed by atoms with Gasteiger partial charge in [-0.15, -0.1) is 0 Å². The molecule has 5 nitrogen and oxygen atoms in total. The summed E-state index contributed by atoms with van der Waals surface area (Å²) in [7, 11) is 0. The second-order valence-electron chi connectivity index (χ2n) is 4.48. The minimum atomic E-state index is -1.06. The summed E-state index contributed by atoms with van der Waals surface area (Å²) in [6, 6.07) is 7.32. The number of benzene rings is 1. The number of carboxylic acid groups (broad SMARTS) is 1. The zero-order chi connectivity index (χ0) is 15.0. The maximum absolute atomic E-state index is 10.8. The van der Waals surface area contributed by atoms with Crippen LogP contribution in [-0.4, -0.2) is 26.0 Å².